The van der Waals surface area contributed by atoms with Gasteiger partial charge >= 0.3 is 5.97 Å². The summed E-state index contributed by atoms with van der Waals surface area (Å²) in [4.78, 5) is 13.4. The van der Waals surface area contributed by atoms with Crippen LogP contribution in [0, 0.1) is 6.92 Å². The van der Waals surface area contributed by atoms with Crippen LogP contribution in [-0.4, -0.2) is 46.8 Å². The predicted molar refractivity (Wildman–Crippen MR) is 122 cm³/mol. The van der Waals surface area contributed by atoms with Gasteiger partial charge in [0, 0.05) is 30.4 Å². The van der Waals surface area contributed by atoms with Crippen molar-refractivity contribution in [1.82, 2.24) is 0 Å². The molecule has 0 atom stereocenters. The Hall–Kier alpha value is -3.22. The van der Waals surface area contributed by atoms with E-state index in [2.05, 4.69) is 44.7 Å². The van der Waals surface area contributed by atoms with Gasteiger partial charge in [0.15, 0.2) is 0 Å². The number of ether oxygens (including phenoxy) is 1. The monoisotopic (exact) mass is 428 g/mol. The lowest BCUT2D eigenvalue weighted by atomic mass is 9.82. The number of hydrogen-bond donors (Lipinski definition) is 3. The third kappa shape index (κ3) is 5.48. The molecule has 0 aromatic heterocycles. The maximum Gasteiger partial charge on any atom is 0.339 e. The van der Waals surface area contributed by atoms with E-state index in [1.165, 1.54) is 23.9 Å². The summed E-state index contributed by atoms with van der Waals surface area (Å²) in [5.41, 5.74) is 4.16. The molecule has 0 heterocycles. The Bertz CT molecular complexity index is 973. The number of aromatic hydroxyl groups is 1. The molecule has 2 rings (SSSR count). The van der Waals surface area contributed by atoms with Crippen molar-refractivity contribution >= 4 is 17.4 Å². The van der Waals surface area contributed by atoms with Crippen LogP contribution in [0.1, 0.15) is 61.7 Å². The summed E-state index contributed by atoms with van der Waals surface area (Å²) >= 11 is 0. The highest BCUT2D eigenvalue weighted by Gasteiger charge is 2.24. The quantitative estimate of drug-likeness (QED) is 0.317. The first-order valence-corrected chi connectivity index (χ1v) is 10.3. The van der Waals surface area contributed by atoms with Crippen LogP contribution in [0.15, 0.2) is 35.5 Å². The summed E-state index contributed by atoms with van der Waals surface area (Å²) in [6.07, 6.45) is 0. The van der Waals surface area contributed by atoms with E-state index in [-0.39, 0.29) is 29.1 Å². The molecular weight excluding hydrogens is 396 g/mol. The van der Waals surface area contributed by atoms with Gasteiger partial charge in [-0.15, -0.1) is 0 Å². The Balaban J connectivity index is 2.38. The highest BCUT2D eigenvalue weighted by molar-refractivity contribution is 6.02. The lowest BCUT2D eigenvalue weighted by molar-refractivity contribution is 0.0693. The molecule has 0 aliphatic heterocycles. The fourth-order valence-corrected chi connectivity index (χ4v) is 3.58. The molecular formula is C24H32N2O5. The molecule has 2 aromatic rings. The molecule has 168 valence electrons. The smallest absolute Gasteiger partial charge is 0.339 e. The average Bonchev–Trinajstić information content (AvgIpc) is 2.69. The number of oxime groups is 1. The van der Waals surface area contributed by atoms with E-state index in [1.54, 1.807) is 0 Å². The number of aromatic carboxylic acids is 1. The Labute approximate surface area is 183 Å². The Morgan fingerprint density at radius 1 is 1.13 bits per heavy atom. The normalized spacial score (nSPS) is 12.0. The highest BCUT2D eigenvalue weighted by atomic mass is 16.5. The van der Waals surface area contributed by atoms with E-state index < -0.39 is 5.97 Å². The van der Waals surface area contributed by atoms with Crippen LogP contribution in [0.3, 0.4) is 0 Å². The molecule has 0 amide bonds. The van der Waals surface area contributed by atoms with Crippen molar-refractivity contribution in [3.8, 4) is 11.5 Å². The molecule has 3 N–H and O–H groups in total. The lowest BCUT2D eigenvalue weighted by Crippen LogP contribution is -2.28. The van der Waals surface area contributed by atoms with Crippen LogP contribution in [0.25, 0.3) is 0 Å². The van der Waals surface area contributed by atoms with Gasteiger partial charge in [0.25, 0.3) is 0 Å². The van der Waals surface area contributed by atoms with Crippen molar-refractivity contribution in [2.75, 3.05) is 24.6 Å². The van der Waals surface area contributed by atoms with Gasteiger partial charge in [0.1, 0.15) is 29.4 Å². The summed E-state index contributed by atoms with van der Waals surface area (Å²) in [6.45, 7) is 14.5. The second kappa shape index (κ2) is 9.73. The average molecular weight is 429 g/mol. The van der Waals surface area contributed by atoms with Crippen LogP contribution in [-0.2, 0) is 5.41 Å². The number of benzene rings is 2. The summed E-state index contributed by atoms with van der Waals surface area (Å²) in [5, 5.41) is 32.0. The zero-order chi connectivity index (χ0) is 23.3. The molecule has 0 spiro atoms. The maximum absolute atomic E-state index is 11.0. The number of anilines is 1. The standard InChI is InChI=1S/C24H32N2O5/c1-7-26(8-2)22-15(3)11-16(12-19(22)24(4,5)6)20(25-30)14-31-17-9-10-18(23(28)29)21(27)13-17/h9-13,27,30H,7-8,14H2,1-6H3,(H,28,29)/b25-20-. The molecule has 7 nitrogen and oxygen atoms in total. The zero-order valence-corrected chi connectivity index (χ0v) is 19.1. The van der Waals surface area contributed by atoms with Gasteiger partial charge in [0.2, 0.25) is 0 Å². The summed E-state index contributed by atoms with van der Waals surface area (Å²) in [6, 6.07) is 7.96. The fourth-order valence-electron chi connectivity index (χ4n) is 3.58. The van der Waals surface area contributed by atoms with Crippen molar-refractivity contribution in [2.24, 2.45) is 5.16 Å². The van der Waals surface area contributed by atoms with Crippen LogP contribution in [0.2, 0.25) is 0 Å². The Kier molecular flexibility index (Phi) is 7.55. The molecule has 0 saturated heterocycles. The van der Waals surface area contributed by atoms with Crippen LogP contribution in [0.5, 0.6) is 11.5 Å². The second-order valence-electron chi connectivity index (χ2n) is 8.43. The minimum Gasteiger partial charge on any atom is -0.507 e. The van der Waals surface area contributed by atoms with Crippen LogP contribution in [0.4, 0.5) is 5.69 Å². The molecule has 31 heavy (non-hydrogen) atoms. The van der Waals surface area contributed by atoms with Crippen LogP contribution < -0.4 is 9.64 Å². The van der Waals surface area contributed by atoms with Gasteiger partial charge in [-0.3, -0.25) is 0 Å². The number of carboxylic acids is 1. The van der Waals surface area contributed by atoms with Crippen molar-refractivity contribution in [1.29, 1.82) is 0 Å². The largest absolute Gasteiger partial charge is 0.507 e. The molecule has 0 fully saturated rings. The van der Waals surface area contributed by atoms with E-state index in [1.807, 2.05) is 19.1 Å². The first-order valence-electron chi connectivity index (χ1n) is 10.3. The SMILES string of the molecule is CCN(CC)c1c(C)cc(/C(COc2ccc(C(=O)O)c(O)c2)=N\O)cc1C(C)(C)C. The number of phenols is 1. The molecule has 0 aliphatic carbocycles. The summed E-state index contributed by atoms with van der Waals surface area (Å²) in [7, 11) is 0. The van der Waals surface area contributed by atoms with Crippen molar-refractivity contribution < 1.29 is 25.0 Å². The van der Waals surface area contributed by atoms with E-state index >= 15 is 0 Å². The van der Waals surface area contributed by atoms with Gasteiger partial charge in [-0.05, 0) is 61.6 Å². The third-order valence-electron chi connectivity index (χ3n) is 5.22. The van der Waals surface area contributed by atoms with Gasteiger partial charge in [-0.1, -0.05) is 25.9 Å². The number of carbonyl (C=O) groups is 1. The number of rotatable bonds is 8. The first-order chi connectivity index (χ1) is 14.5. The van der Waals surface area contributed by atoms with Crippen molar-refractivity contribution in [2.45, 2.75) is 47.0 Å². The van der Waals surface area contributed by atoms with E-state index in [4.69, 9.17) is 9.84 Å². The van der Waals surface area contributed by atoms with Gasteiger partial charge < -0.3 is 25.1 Å². The molecule has 0 unspecified atom stereocenters. The maximum atomic E-state index is 11.0. The van der Waals surface area contributed by atoms with Gasteiger partial charge in [0.05, 0.1) is 0 Å². The lowest BCUT2D eigenvalue weighted by Gasteiger charge is -2.32. The molecule has 0 radical (unpaired) electrons. The predicted octanol–water partition coefficient (Wildman–Crippen LogP) is 4.80. The summed E-state index contributed by atoms with van der Waals surface area (Å²) < 4.78 is 5.66. The minimum atomic E-state index is -1.22. The minimum absolute atomic E-state index is 0.0456. The first kappa shape index (κ1) is 24.1. The Morgan fingerprint density at radius 2 is 1.77 bits per heavy atom. The molecule has 2 aromatic carbocycles. The molecule has 0 saturated carbocycles. The highest BCUT2D eigenvalue weighted by Crippen LogP contribution is 2.36. The second-order valence-corrected chi connectivity index (χ2v) is 8.43. The van der Waals surface area contributed by atoms with Gasteiger partial charge in [-0.2, -0.15) is 0 Å². The molecule has 0 aliphatic rings. The third-order valence-corrected chi connectivity index (χ3v) is 5.22. The molecule has 7 heteroatoms. The fraction of sp³-hybridized carbons (Fsp3) is 0.417. The number of carboxylic acid groups (broad SMARTS) is 1. The number of nitrogens with zero attached hydrogens (tertiary/aromatic N) is 2. The van der Waals surface area contributed by atoms with Crippen molar-refractivity contribution in [3.63, 3.8) is 0 Å². The van der Waals surface area contributed by atoms with E-state index in [9.17, 15) is 15.1 Å². The molecule has 0 bridgehead atoms. The summed E-state index contributed by atoms with van der Waals surface area (Å²) in [5.74, 6) is -1.33. The topological polar surface area (TPSA) is 103 Å². The van der Waals surface area contributed by atoms with E-state index in [0.29, 0.717) is 5.71 Å². The number of hydrogen-bond acceptors (Lipinski definition) is 6. The number of aryl methyl sites for hydroxylation is 1. The zero-order valence-electron chi connectivity index (χ0n) is 19.1. The Morgan fingerprint density at radius 3 is 2.26 bits per heavy atom. The van der Waals surface area contributed by atoms with Crippen molar-refractivity contribution in [3.05, 3.63) is 52.6 Å². The van der Waals surface area contributed by atoms with Gasteiger partial charge in [-0.25, -0.2) is 4.79 Å². The van der Waals surface area contributed by atoms with E-state index in [0.717, 1.165) is 29.8 Å². The van der Waals surface area contributed by atoms with Crippen LogP contribution >= 0.6 is 0 Å².